The van der Waals surface area contributed by atoms with Gasteiger partial charge in [-0.05, 0) is 49.2 Å². The zero-order valence-corrected chi connectivity index (χ0v) is 14.5. The summed E-state index contributed by atoms with van der Waals surface area (Å²) in [7, 11) is 1.65. The number of methoxy groups -OCH3 is 1. The average molecular weight is 340 g/mol. The lowest BCUT2D eigenvalue weighted by molar-refractivity contribution is 0.292. The smallest absolute Gasteiger partial charge is 0.119 e. The van der Waals surface area contributed by atoms with E-state index in [1.54, 1.807) is 7.11 Å². The molecule has 0 fully saturated rings. The molecule has 0 atom stereocenters. The number of nitrogens with zero attached hydrogens (tertiary/aromatic N) is 2. The molecule has 5 heteroatoms. The molecule has 25 heavy (non-hydrogen) atoms. The molecule has 1 N–H and O–H groups in total. The van der Waals surface area contributed by atoms with Crippen molar-refractivity contribution in [3.05, 3.63) is 54.4 Å². The van der Waals surface area contributed by atoms with Gasteiger partial charge in [-0.1, -0.05) is 12.1 Å². The first-order chi connectivity index (χ1) is 12.3. The number of unbranched alkanes of at least 4 members (excludes halogenated alkanes) is 1. The van der Waals surface area contributed by atoms with Gasteiger partial charge in [-0.2, -0.15) is 0 Å². The zero-order valence-electron chi connectivity index (χ0n) is 14.5. The second kappa shape index (κ2) is 8.53. The number of hydrogen-bond acceptors (Lipinski definition) is 4. The lowest BCUT2D eigenvalue weighted by atomic mass is 10.3. The Balaban J connectivity index is 1.53. The van der Waals surface area contributed by atoms with E-state index in [1.807, 2.05) is 42.5 Å². The van der Waals surface area contributed by atoms with Crippen LogP contribution in [0.5, 0.6) is 11.5 Å². The number of para-hydroxylation sites is 2. The van der Waals surface area contributed by atoms with E-state index in [-0.39, 0.29) is 6.61 Å². The van der Waals surface area contributed by atoms with Crippen LogP contribution >= 0.6 is 0 Å². The standard InChI is InChI=1S/C20H24N2O3/c1-24-16-8-10-17(11-9-16)25-15-5-4-13-22-19-7-3-2-6-18(19)21-20(22)12-14-23/h2-3,6-11,23H,4-5,12-15H2,1H3. The summed E-state index contributed by atoms with van der Waals surface area (Å²) >= 11 is 0. The minimum Gasteiger partial charge on any atom is -0.497 e. The van der Waals surface area contributed by atoms with Crippen molar-refractivity contribution in [2.75, 3.05) is 20.3 Å². The summed E-state index contributed by atoms with van der Waals surface area (Å²) in [6.07, 6.45) is 2.53. The zero-order chi connectivity index (χ0) is 17.5. The van der Waals surface area contributed by atoms with Crippen LogP contribution in [0.2, 0.25) is 0 Å². The van der Waals surface area contributed by atoms with Crippen molar-refractivity contribution in [3.63, 3.8) is 0 Å². The third kappa shape index (κ3) is 4.31. The van der Waals surface area contributed by atoms with Gasteiger partial charge in [0.2, 0.25) is 0 Å². The van der Waals surface area contributed by atoms with Gasteiger partial charge in [0, 0.05) is 13.0 Å². The van der Waals surface area contributed by atoms with E-state index in [2.05, 4.69) is 15.6 Å². The SMILES string of the molecule is COc1ccc(OCCCCn2c(CCO)nc3ccccc32)cc1. The monoisotopic (exact) mass is 340 g/mol. The maximum Gasteiger partial charge on any atom is 0.119 e. The maximum absolute atomic E-state index is 9.26. The molecule has 1 aromatic heterocycles. The maximum atomic E-state index is 9.26. The van der Waals surface area contributed by atoms with Gasteiger partial charge in [0.05, 0.1) is 31.4 Å². The topological polar surface area (TPSA) is 56.5 Å². The molecule has 0 bridgehead atoms. The van der Waals surface area contributed by atoms with Gasteiger partial charge in [0.25, 0.3) is 0 Å². The molecule has 0 saturated carbocycles. The molecule has 3 rings (SSSR count). The van der Waals surface area contributed by atoms with Crippen LogP contribution in [-0.2, 0) is 13.0 Å². The van der Waals surface area contributed by atoms with Crippen LogP contribution in [0.1, 0.15) is 18.7 Å². The first kappa shape index (κ1) is 17.3. The fourth-order valence-electron chi connectivity index (χ4n) is 2.90. The summed E-state index contributed by atoms with van der Waals surface area (Å²) < 4.78 is 13.1. The van der Waals surface area contributed by atoms with E-state index < -0.39 is 0 Å². The van der Waals surface area contributed by atoms with Gasteiger partial charge < -0.3 is 19.1 Å². The molecule has 0 unspecified atom stereocenters. The Kier molecular flexibility index (Phi) is 5.90. The fourth-order valence-corrected chi connectivity index (χ4v) is 2.90. The predicted molar refractivity (Wildman–Crippen MR) is 98.2 cm³/mol. The Morgan fingerprint density at radius 3 is 2.52 bits per heavy atom. The first-order valence-corrected chi connectivity index (χ1v) is 8.63. The molecule has 0 aliphatic heterocycles. The summed E-state index contributed by atoms with van der Waals surface area (Å²) in [4.78, 5) is 4.63. The number of ether oxygens (including phenoxy) is 2. The lowest BCUT2D eigenvalue weighted by Gasteiger charge is -2.10. The average Bonchev–Trinajstić information content (AvgIpc) is 3.00. The number of fused-ring (bicyclic) bond motifs is 1. The highest BCUT2D eigenvalue weighted by atomic mass is 16.5. The van der Waals surface area contributed by atoms with Gasteiger partial charge in [0.15, 0.2) is 0 Å². The Bertz CT molecular complexity index is 796. The molecular formula is C20H24N2O3. The molecule has 132 valence electrons. The Morgan fingerprint density at radius 2 is 1.76 bits per heavy atom. The highest BCUT2D eigenvalue weighted by Gasteiger charge is 2.09. The van der Waals surface area contributed by atoms with Crippen molar-refractivity contribution in [1.29, 1.82) is 0 Å². The lowest BCUT2D eigenvalue weighted by Crippen LogP contribution is -2.07. The Hall–Kier alpha value is -2.53. The number of rotatable bonds is 9. The van der Waals surface area contributed by atoms with Crippen LogP contribution < -0.4 is 9.47 Å². The number of imidazole rings is 1. The Labute approximate surface area is 147 Å². The Morgan fingerprint density at radius 1 is 1.00 bits per heavy atom. The van der Waals surface area contributed by atoms with Crippen molar-refractivity contribution in [2.24, 2.45) is 0 Å². The normalized spacial score (nSPS) is 11.0. The van der Waals surface area contributed by atoms with Gasteiger partial charge in [0.1, 0.15) is 17.3 Å². The van der Waals surface area contributed by atoms with Gasteiger partial charge >= 0.3 is 0 Å². The molecule has 0 aliphatic carbocycles. The number of aliphatic hydroxyl groups is 1. The quantitative estimate of drug-likeness (QED) is 0.606. The molecule has 0 saturated heterocycles. The molecule has 0 aliphatic rings. The van der Waals surface area contributed by atoms with Crippen LogP contribution in [0.4, 0.5) is 0 Å². The summed E-state index contributed by atoms with van der Waals surface area (Å²) in [5.41, 5.74) is 2.11. The van der Waals surface area contributed by atoms with Crippen LogP contribution in [0.3, 0.4) is 0 Å². The van der Waals surface area contributed by atoms with Crippen molar-refractivity contribution in [1.82, 2.24) is 9.55 Å². The molecule has 5 nitrogen and oxygen atoms in total. The van der Waals surface area contributed by atoms with E-state index in [4.69, 9.17) is 9.47 Å². The minimum atomic E-state index is 0.115. The van der Waals surface area contributed by atoms with Crippen molar-refractivity contribution in [3.8, 4) is 11.5 Å². The first-order valence-electron chi connectivity index (χ1n) is 8.63. The molecule has 1 heterocycles. The van der Waals surface area contributed by atoms with E-state index in [9.17, 15) is 5.11 Å². The second-order valence-electron chi connectivity index (χ2n) is 5.87. The minimum absolute atomic E-state index is 0.115. The van der Waals surface area contributed by atoms with Crippen LogP contribution in [0.25, 0.3) is 11.0 Å². The molecule has 0 spiro atoms. The van der Waals surface area contributed by atoms with E-state index in [0.29, 0.717) is 13.0 Å². The fraction of sp³-hybridized carbons (Fsp3) is 0.350. The van der Waals surface area contributed by atoms with Gasteiger partial charge in [-0.15, -0.1) is 0 Å². The van der Waals surface area contributed by atoms with E-state index in [0.717, 1.165) is 47.7 Å². The number of aryl methyl sites for hydroxylation is 1. The number of benzene rings is 2. The molecule has 0 amide bonds. The van der Waals surface area contributed by atoms with E-state index >= 15 is 0 Å². The summed E-state index contributed by atoms with van der Waals surface area (Å²) in [6.45, 7) is 1.67. The second-order valence-corrected chi connectivity index (χ2v) is 5.87. The van der Waals surface area contributed by atoms with Crippen molar-refractivity contribution in [2.45, 2.75) is 25.8 Å². The highest BCUT2D eigenvalue weighted by molar-refractivity contribution is 5.75. The van der Waals surface area contributed by atoms with Crippen molar-refractivity contribution < 1.29 is 14.6 Å². The van der Waals surface area contributed by atoms with Crippen molar-refractivity contribution >= 4 is 11.0 Å². The summed E-state index contributed by atoms with van der Waals surface area (Å²) in [6, 6.07) is 15.7. The van der Waals surface area contributed by atoms with Crippen LogP contribution in [0, 0.1) is 0 Å². The molecule has 0 radical (unpaired) electrons. The number of hydrogen-bond donors (Lipinski definition) is 1. The third-order valence-electron chi connectivity index (χ3n) is 4.17. The predicted octanol–water partition coefficient (Wildman–Crippen LogP) is 3.44. The van der Waals surface area contributed by atoms with Gasteiger partial charge in [-0.25, -0.2) is 4.98 Å². The largest absolute Gasteiger partial charge is 0.497 e. The van der Waals surface area contributed by atoms with Crippen LogP contribution in [-0.4, -0.2) is 35.0 Å². The van der Waals surface area contributed by atoms with Gasteiger partial charge in [-0.3, -0.25) is 0 Å². The third-order valence-corrected chi connectivity index (χ3v) is 4.17. The molecular weight excluding hydrogens is 316 g/mol. The number of aliphatic hydroxyl groups excluding tert-OH is 1. The molecule has 3 aromatic rings. The summed E-state index contributed by atoms with van der Waals surface area (Å²) in [5, 5.41) is 9.26. The van der Waals surface area contributed by atoms with E-state index in [1.165, 1.54) is 0 Å². The number of aromatic nitrogens is 2. The highest BCUT2D eigenvalue weighted by Crippen LogP contribution is 2.19. The summed E-state index contributed by atoms with van der Waals surface area (Å²) in [5.74, 6) is 2.63. The molecule has 2 aromatic carbocycles. The van der Waals surface area contributed by atoms with Crippen LogP contribution in [0.15, 0.2) is 48.5 Å².